The summed E-state index contributed by atoms with van der Waals surface area (Å²) in [5.41, 5.74) is 1.88. The second-order valence-electron chi connectivity index (χ2n) is 7.64. The number of ether oxygens (including phenoxy) is 1. The molecule has 0 saturated heterocycles. The van der Waals surface area contributed by atoms with E-state index in [9.17, 15) is 9.90 Å². The summed E-state index contributed by atoms with van der Waals surface area (Å²) in [5.74, 6) is 0.559. The van der Waals surface area contributed by atoms with Gasteiger partial charge in [0.1, 0.15) is 29.6 Å². The average molecular weight is 392 g/mol. The van der Waals surface area contributed by atoms with Gasteiger partial charge in [0, 0.05) is 18.2 Å². The predicted molar refractivity (Wildman–Crippen MR) is 111 cm³/mol. The molecule has 0 spiro atoms. The highest BCUT2D eigenvalue weighted by Gasteiger charge is 2.14. The smallest absolute Gasteiger partial charge is 0.200 e. The van der Waals surface area contributed by atoms with Crippen molar-refractivity contribution >= 4 is 34.3 Å². The monoisotopic (exact) mass is 391 g/mol. The molecular weight excluding hydrogens is 366 g/mol. The number of hydrogen-bond donors (Lipinski definition) is 2. The third-order valence-corrected chi connectivity index (χ3v) is 4.18. The lowest BCUT2D eigenvalue weighted by Gasteiger charge is -2.22. The number of aliphatic hydroxyl groups excluding tert-OH is 1. The maximum atomic E-state index is 12.6. The van der Waals surface area contributed by atoms with E-state index in [1.54, 1.807) is 24.3 Å². The van der Waals surface area contributed by atoms with E-state index in [0.717, 1.165) is 5.56 Å². The summed E-state index contributed by atoms with van der Waals surface area (Å²) >= 11 is 0. The first-order chi connectivity index (χ1) is 12.2. The van der Waals surface area contributed by atoms with Gasteiger partial charge in [-0.05, 0) is 51.5 Å². The molecule has 27 heavy (non-hydrogen) atoms. The fraction of sp³-hybridized carbons (Fsp3) is 0.381. The third-order valence-electron chi connectivity index (χ3n) is 4.18. The van der Waals surface area contributed by atoms with E-state index in [4.69, 9.17) is 9.15 Å². The zero-order valence-electron chi connectivity index (χ0n) is 16.0. The molecule has 3 aromatic rings. The Balaban J connectivity index is 0.00000261. The minimum absolute atomic E-state index is 0. The largest absolute Gasteiger partial charge is 0.491 e. The number of aryl methyl sites for hydroxylation is 1. The van der Waals surface area contributed by atoms with Crippen LogP contribution in [0.3, 0.4) is 0 Å². The standard InChI is InChI=1S/C21H25NO4.ClH/c1-13-6-5-7-17-19(24)16-9-8-15(10-18(16)26-20(13)17)25-12-14(23)11-22-21(2,3)4;/h5-10,14,22-23H,11-12H2,1-4H3;1H. The zero-order valence-corrected chi connectivity index (χ0v) is 16.9. The topological polar surface area (TPSA) is 71.7 Å². The number of para-hydroxylation sites is 1. The first-order valence-electron chi connectivity index (χ1n) is 8.77. The van der Waals surface area contributed by atoms with E-state index in [-0.39, 0.29) is 30.0 Å². The molecule has 1 aromatic heterocycles. The summed E-state index contributed by atoms with van der Waals surface area (Å²) < 4.78 is 11.6. The van der Waals surface area contributed by atoms with Crippen LogP contribution in [0, 0.1) is 6.92 Å². The van der Waals surface area contributed by atoms with Crippen molar-refractivity contribution in [3.8, 4) is 5.75 Å². The van der Waals surface area contributed by atoms with Crippen LogP contribution in [0.4, 0.5) is 0 Å². The summed E-state index contributed by atoms with van der Waals surface area (Å²) in [6.45, 7) is 8.63. The van der Waals surface area contributed by atoms with Crippen molar-refractivity contribution in [2.45, 2.75) is 39.3 Å². The van der Waals surface area contributed by atoms with Crippen molar-refractivity contribution in [3.63, 3.8) is 0 Å². The summed E-state index contributed by atoms with van der Waals surface area (Å²) in [4.78, 5) is 12.6. The molecule has 0 aliphatic heterocycles. The second-order valence-corrected chi connectivity index (χ2v) is 7.64. The Morgan fingerprint density at radius 1 is 1.19 bits per heavy atom. The second kappa shape index (κ2) is 8.30. The van der Waals surface area contributed by atoms with Gasteiger partial charge in [0.05, 0.1) is 10.8 Å². The molecule has 1 heterocycles. The van der Waals surface area contributed by atoms with Crippen molar-refractivity contribution in [2.24, 2.45) is 0 Å². The molecule has 0 bridgehead atoms. The maximum Gasteiger partial charge on any atom is 0.200 e. The van der Waals surface area contributed by atoms with Gasteiger partial charge in [0.25, 0.3) is 0 Å². The quantitative estimate of drug-likeness (QED) is 0.647. The van der Waals surface area contributed by atoms with Gasteiger partial charge < -0.3 is 19.6 Å². The Bertz CT molecular complexity index is 991. The average Bonchev–Trinajstić information content (AvgIpc) is 2.58. The van der Waals surface area contributed by atoms with Crippen LogP contribution in [0.5, 0.6) is 5.75 Å². The van der Waals surface area contributed by atoms with Crippen molar-refractivity contribution in [1.29, 1.82) is 0 Å². The normalized spacial score (nSPS) is 12.8. The number of benzene rings is 2. The van der Waals surface area contributed by atoms with Crippen LogP contribution in [0.2, 0.25) is 0 Å². The molecule has 0 aliphatic carbocycles. The van der Waals surface area contributed by atoms with E-state index in [1.165, 1.54) is 0 Å². The number of β-amino-alcohol motifs (C(OH)–C–C–N with tert-alkyl or cyclic N) is 1. The minimum Gasteiger partial charge on any atom is -0.491 e. The van der Waals surface area contributed by atoms with Crippen LogP contribution in [0.15, 0.2) is 45.6 Å². The Kier molecular flexibility index (Phi) is 6.52. The first-order valence-corrected chi connectivity index (χ1v) is 8.77. The van der Waals surface area contributed by atoms with E-state index in [1.807, 2.05) is 39.8 Å². The zero-order chi connectivity index (χ0) is 18.9. The summed E-state index contributed by atoms with van der Waals surface area (Å²) in [5, 5.41) is 14.4. The Hall–Kier alpha value is -2.08. The van der Waals surface area contributed by atoms with Crippen molar-refractivity contribution in [1.82, 2.24) is 5.32 Å². The highest BCUT2D eigenvalue weighted by Crippen LogP contribution is 2.24. The fourth-order valence-electron chi connectivity index (χ4n) is 2.76. The summed E-state index contributed by atoms with van der Waals surface area (Å²) in [6, 6.07) is 10.7. The van der Waals surface area contributed by atoms with Crippen LogP contribution < -0.4 is 15.5 Å². The van der Waals surface area contributed by atoms with Gasteiger partial charge >= 0.3 is 0 Å². The minimum atomic E-state index is -0.629. The van der Waals surface area contributed by atoms with Gasteiger partial charge in [-0.2, -0.15) is 0 Å². The van der Waals surface area contributed by atoms with Gasteiger partial charge in [-0.3, -0.25) is 4.79 Å². The molecule has 5 nitrogen and oxygen atoms in total. The SMILES string of the molecule is Cc1cccc2c(=O)c3ccc(OCC(O)CNC(C)(C)C)cc3oc12.Cl. The Labute approximate surface area is 164 Å². The number of rotatable bonds is 5. The molecule has 2 aromatic carbocycles. The molecule has 0 saturated carbocycles. The van der Waals surface area contributed by atoms with Gasteiger partial charge in [0.2, 0.25) is 5.43 Å². The summed E-state index contributed by atoms with van der Waals surface area (Å²) in [7, 11) is 0. The van der Waals surface area contributed by atoms with Gasteiger partial charge in [-0.15, -0.1) is 12.4 Å². The molecule has 6 heteroatoms. The van der Waals surface area contributed by atoms with Crippen molar-refractivity contribution in [2.75, 3.05) is 13.2 Å². The number of hydrogen-bond acceptors (Lipinski definition) is 5. The van der Waals surface area contributed by atoms with E-state index < -0.39 is 6.10 Å². The molecule has 146 valence electrons. The number of aliphatic hydroxyl groups is 1. The van der Waals surface area contributed by atoms with Gasteiger partial charge in [0.15, 0.2) is 0 Å². The van der Waals surface area contributed by atoms with Gasteiger partial charge in [-0.1, -0.05) is 12.1 Å². The molecule has 0 fully saturated rings. The molecule has 1 atom stereocenters. The molecule has 1 unspecified atom stereocenters. The van der Waals surface area contributed by atoms with Crippen molar-refractivity contribution in [3.05, 3.63) is 52.2 Å². The lowest BCUT2D eigenvalue weighted by molar-refractivity contribution is 0.100. The predicted octanol–water partition coefficient (Wildman–Crippen LogP) is 3.80. The molecule has 2 N–H and O–H groups in total. The highest BCUT2D eigenvalue weighted by molar-refractivity contribution is 5.91. The molecule has 3 rings (SSSR count). The van der Waals surface area contributed by atoms with Crippen LogP contribution in [0.1, 0.15) is 26.3 Å². The van der Waals surface area contributed by atoms with Crippen molar-refractivity contribution < 1.29 is 14.3 Å². The molecule has 0 amide bonds. The Morgan fingerprint density at radius 2 is 1.93 bits per heavy atom. The van der Waals surface area contributed by atoms with Gasteiger partial charge in [-0.25, -0.2) is 0 Å². The van der Waals surface area contributed by atoms with Crippen LogP contribution in [-0.4, -0.2) is 29.9 Å². The molecule has 0 radical (unpaired) electrons. The fourth-order valence-corrected chi connectivity index (χ4v) is 2.76. The highest BCUT2D eigenvalue weighted by atomic mass is 35.5. The van der Waals surface area contributed by atoms with E-state index in [2.05, 4.69) is 5.32 Å². The number of fused-ring (bicyclic) bond motifs is 2. The first kappa shape index (κ1) is 21.2. The number of halogens is 1. The van der Waals surface area contributed by atoms with Crippen LogP contribution in [-0.2, 0) is 0 Å². The van der Waals surface area contributed by atoms with Crippen LogP contribution >= 0.6 is 12.4 Å². The van der Waals surface area contributed by atoms with Crippen LogP contribution in [0.25, 0.3) is 21.9 Å². The number of nitrogens with one attached hydrogen (secondary N) is 1. The maximum absolute atomic E-state index is 12.6. The molecular formula is C21H26ClNO4. The van der Waals surface area contributed by atoms with E-state index in [0.29, 0.717) is 34.2 Å². The lowest BCUT2D eigenvalue weighted by atomic mass is 10.1. The third kappa shape index (κ3) is 5.01. The Morgan fingerprint density at radius 3 is 2.63 bits per heavy atom. The lowest BCUT2D eigenvalue weighted by Crippen LogP contribution is -2.42. The van der Waals surface area contributed by atoms with E-state index >= 15 is 0 Å². The molecule has 0 aliphatic rings. The summed E-state index contributed by atoms with van der Waals surface area (Å²) in [6.07, 6.45) is -0.629.